The molecule has 1 aromatic rings. The van der Waals surface area contributed by atoms with E-state index < -0.39 is 0 Å². The summed E-state index contributed by atoms with van der Waals surface area (Å²) in [6.07, 6.45) is 9.01. The van der Waals surface area contributed by atoms with Crippen LogP contribution in [-0.2, 0) is 6.42 Å². The highest BCUT2D eigenvalue weighted by atomic mass is 14.9. The molecule has 19 heavy (non-hydrogen) atoms. The van der Waals surface area contributed by atoms with Crippen molar-refractivity contribution >= 4 is 0 Å². The van der Waals surface area contributed by atoms with E-state index in [4.69, 9.17) is 0 Å². The van der Waals surface area contributed by atoms with E-state index in [2.05, 4.69) is 48.7 Å². The van der Waals surface area contributed by atoms with Crippen LogP contribution >= 0.6 is 0 Å². The van der Waals surface area contributed by atoms with E-state index in [-0.39, 0.29) is 0 Å². The smallest absolute Gasteiger partial charge is 0.00730 e. The van der Waals surface area contributed by atoms with E-state index in [1.165, 1.54) is 19.3 Å². The van der Waals surface area contributed by atoms with Gasteiger partial charge in [-0.1, -0.05) is 36.4 Å². The van der Waals surface area contributed by atoms with E-state index in [0.717, 1.165) is 30.2 Å². The first-order valence-corrected chi connectivity index (χ1v) is 7.81. The number of hydrogen-bond donors (Lipinski definition) is 1. The van der Waals surface area contributed by atoms with Crippen molar-refractivity contribution in [3.63, 3.8) is 0 Å². The molecule has 5 unspecified atom stereocenters. The Labute approximate surface area is 116 Å². The molecule has 100 valence electrons. The topological polar surface area (TPSA) is 12.0 Å². The van der Waals surface area contributed by atoms with Crippen LogP contribution in [0.1, 0.15) is 36.8 Å². The predicted octanol–water partition coefficient (Wildman–Crippen LogP) is 3.52. The van der Waals surface area contributed by atoms with Crippen LogP contribution in [-0.4, -0.2) is 12.6 Å². The van der Waals surface area contributed by atoms with Gasteiger partial charge in [0, 0.05) is 18.5 Å². The van der Waals surface area contributed by atoms with Crippen molar-refractivity contribution in [3.8, 4) is 0 Å². The van der Waals surface area contributed by atoms with Gasteiger partial charge in [-0.15, -0.1) is 0 Å². The van der Waals surface area contributed by atoms with Crippen molar-refractivity contribution in [2.45, 2.75) is 38.1 Å². The van der Waals surface area contributed by atoms with Crippen LogP contribution in [0, 0.1) is 17.8 Å². The third-order valence-corrected chi connectivity index (χ3v) is 5.62. The largest absolute Gasteiger partial charge is 0.313 e. The molecule has 3 aliphatic carbocycles. The lowest BCUT2D eigenvalue weighted by Crippen LogP contribution is -2.39. The van der Waals surface area contributed by atoms with Gasteiger partial charge in [0.05, 0.1) is 0 Å². The summed E-state index contributed by atoms with van der Waals surface area (Å²) < 4.78 is 0. The van der Waals surface area contributed by atoms with E-state index in [0.29, 0.717) is 6.04 Å². The lowest BCUT2D eigenvalue weighted by Gasteiger charge is -2.33. The SMILES string of the molecule is CC(NCC1Cc2ccccc21)C1CC2C=CC1C2. The zero-order chi connectivity index (χ0) is 12.8. The fourth-order valence-electron chi connectivity index (χ4n) is 4.42. The van der Waals surface area contributed by atoms with Gasteiger partial charge in [0.1, 0.15) is 0 Å². The summed E-state index contributed by atoms with van der Waals surface area (Å²) in [7, 11) is 0. The number of benzene rings is 1. The summed E-state index contributed by atoms with van der Waals surface area (Å²) in [4.78, 5) is 0. The normalized spacial score (nSPS) is 36.1. The monoisotopic (exact) mass is 253 g/mol. The van der Waals surface area contributed by atoms with Gasteiger partial charge >= 0.3 is 0 Å². The van der Waals surface area contributed by atoms with Crippen molar-refractivity contribution in [2.75, 3.05) is 6.54 Å². The summed E-state index contributed by atoms with van der Waals surface area (Å²) in [5.74, 6) is 3.39. The lowest BCUT2D eigenvalue weighted by atomic mass is 9.77. The molecule has 1 fully saturated rings. The van der Waals surface area contributed by atoms with Gasteiger partial charge < -0.3 is 5.32 Å². The summed E-state index contributed by atoms with van der Waals surface area (Å²) in [6.45, 7) is 3.56. The lowest BCUT2D eigenvalue weighted by molar-refractivity contribution is 0.318. The van der Waals surface area contributed by atoms with Gasteiger partial charge in [0.15, 0.2) is 0 Å². The molecule has 0 aromatic heterocycles. The maximum Gasteiger partial charge on any atom is 0.00730 e. The third-order valence-electron chi connectivity index (χ3n) is 5.62. The zero-order valence-electron chi connectivity index (χ0n) is 11.7. The van der Waals surface area contributed by atoms with E-state index in [9.17, 15) is 0 Å². The standard InChI is InChI=1S/C18H23N/c1-12(18-9-13-6-7-15(18)8-13)19-11-16-10-14-4-2-3-5-17(14)16/h2-7,12-13,15-16,18-19H,8-11H2,1H3. The van der Waals surface area contributed by atoms with Crippen LogP contribution in [0.25, 0.3) is 0 Å². The van der Waals surface area contributed by atoms with Crippen LogP contribution in [0.15, 0.2) is 36.4 Å². The molecular weight excluding hydrogens is 230 g/mol. The van der Waals surface area contributed by atoms with Gasteiger partial charge in [-0.25, -0.2) is 0 Å². The molecule has 3 aliphatic rings. The summed E-state index contributed by atoms with van der Waals surface area (Å²) in [5, 5.41) is 3.82. The molecule has 0 heterocycles. The first-order valence-electron chi connectivity index (χ1n) is 7.81. The first-order chi connectivity index (χ1) is 9.31. The van der Waals surface area contributed by atoms with Crippen LogP contribution in [0.5, 0.6) is 0 Å². The number of nitrogens with one attached hydrogen (secondary N) is 1. The third kappa shape index (κ3) is 1.95. The van der Waals surface area contributed by atoms with Crippen LogP contribution in [0.2, 0.25) is 0 Å². The summed E-state index contributed by atoms with van der Waals surface area (Å²) in [6, 6.07) is 9.58. The first kappa shape index (κ1) is 11.7. The molecule has 1 N–H and O–H groups in total. The molecule has 5 atom stereocenters. The highest BCUT2D eigenvalue weighted by Gasteiger charge is 2.38. The van der Waals surface area contributed by atoms with Gasteiger partial charge in [-0.2, -0.15) is 0 Å². The molecule has 1 nitrogen and oxygen atoms in total. The highest BCUT2D eigenvalue weighted by Crippen LogP contribution is 2.45. The van der Waals surface area contributed by atoms with E-state index in [1.807, 2.05) is 0 Å². The van der Waals surface area contributed by atoms with Crippen molar-refractivity contribution < 1.29 is 0 Å². The Balaban J connectivity index is 1.33. The molecule has 1 aromatic carbocycles. The molecule has 0 saturated heterocycles. The average Bonchev–Trinajstić information content (AvgIpc) is 3.02. The van der Waals surface area contributed by atoms with E-state index in [1.54, 1.807) is 11.1 Å². The maximum atomic E-state index is 3.82. The van der Waals surface area contributed by atoms with Crippen molar-refractivity contribution in [1.82, 2.24) is 5.32 Å². The molecule has 0 aliphatic heterocycles. The second-order valence-corrected chi connectivity index (χ2v) is 6.74. The van der Waals surface area contributed by atoms with Gasteiger partial charge in [0.25, 0.3) is 0 Å². The van der Waals surface area contributed by atoms with Gasteiger partial charge in [0.2, 0.25) is 0 Å². The number of allylic oxidation sites excluding steroid dienone is 2. The minimum absolute atomic E-state index is 0.674. The Morgan fingerprint density at radius 2 is 2.11 bits per heavy atom. The van der Waals surface area contributed by atoms with Gasteiger partial charge in [-0.3, -0.25) is 0 Å². The minimum Gasteiger partial charge on any atom is -0.313 e. The summed E-state index contributed by atoms with van der Waals surface area (Å²) in [5.41, 5.74) is 3.14. The molecule has 0 spiro atoms. The number of fused-ring (bicyclic) bond motifs is 3. The highest BCUT2D eigenvalue weighted by molar-refractivity contribution is 5.40. The second kappa shape index (κ2) is 4.49. The second-order valence-electron chi connectivity index (χ2n) is 6.74. The molecule has 4 rings (SSSR count). The quantitative estimate of drug-likeness (QED) is 0.810. The fraction of sp³-hybridized carbons (Fsp3) is 0.556. The average molecular weight is 253 g/mol. The summed E-state index contributed by atoms with van der Waals surface area (Å²) >= 11 is 0. The van der Waals surface area contributed by atoms with Crippen molar-refractivity contribution in [1.29, 1.82) is 0 Å². The Morgan fingerprint density at radius 3 is 2.84 bits per heavy atom. The molecule has 0 radical (unpaired) electrons. The number of rotatable bonds is 4. The van der Waals surface area contributed by atoms with Crippen LogP contribution < -0.4 is 5.32 Å². The molecule has 2 bridgehead atoms. The van der Waals surface area contributed by atoms with Crippen molar-refractivity contribution in [2.24, 2.45) is 17.8 Å². The Hall–Kier alpha value is -1.08. The van der Waals surface area contributed by atoms with Gasteiger partial charge in [-0.05, 0) is 55.1 Å². The van der Waals surface area contributed by atoms with Crippen molar-refractivity contribution in [3.05, 3.63) is 47.5 Å². The predicted molar refractivity (Wildman–Crippen MR) is 79.2 cm³/mol. The minimum atomic E-state index is 0.674. The molecular formula is C18H23N. The Kier molecular flexibility index (Phi) is 2.77. The Morgan fingerprint density at radius 1 is 1.21 bits per heavy atom. The number of hydrogen-bond acceptors (Lipinski definition) is 1. The molecule has 1 saturated carbocycles. The Bertz CT molecular complexity index is 504. The molecule has 0 amide bonds. The molecule has 1 heteroatoms. The van der Waals surface area contributed by atoms with E-state index >= 15 is 0 Å². The van der Waals surface area contributed by atoms with Crippen LogP contribution in [0.4, 0.5) is 0 Å². The van der Waals surface area contributed by atoms with Crippen LogP contribution in [0.3, 0.4) is 0 Å². The zero-order valence-corrected chi connectivity index (χ0v) is 11.7. The fourth-order valence-corrected chi connectivity index (χ4v) is 4.42. The maximum absolute atomic E-state index is 3.82.